The monoisotopic (exact) mass is 267 g/mol. The van der Waals surface area contributed by atoms with Crippen LogP contribution in [0.3, 0.4) is 0 Å². The van der Waals surface area contributed by atoms with Crippen molar-refractivity contribution < 1.29 is 17.9 Å². The van der Waals surface area contributed by atoms with Gasteiger partial charge in [0.05, 0.1) is 19.8 Å². The molecule has 0 bridgehead atoms. The number of hydrogen-bond acceptors (Lipinski definition) is 5. The number of nitrogens with zero attached hydrogens (tertiary/aromatic N) is 1. The van der Waals surface area contributed by atoms with Gasteiger partial charge in [-0.1, -0.05) is 0 Å². The van der Waals surface area contributed by atoms with Crippen LogP contribution in [0.4, 0.5) is 0 Å². The highest BCUT2D eigenvalue weighted by molar-refractivity contribution is 7.87. The Labute approximate surface area is 102 Å². The van der Waals surface area contributed by atoms with E-state index in [0.29, 0.717) is 45.9 Å². The molecule has 102 valence electrons. The van der Waals surface area contributed by atoms with Crippen LogP contribution in [0.15, 0.2) is 0 Å². The van der Waals surface area contributed by atoms with Crippen molar-refractivity contribution in [2.45, 2.75) is 12.5 Å². The fraction of sp³-hybridized carbons (Fsp3) is 1.00. The molecule has 1 fully saturated rings. The number of ether oxygens (including phenoxy) is 2. The molecule has 0 spiro atoms. The zero-order valence-corrected chi connectivity index (χ0v) is 10.9. The van der Waals surface area contributed by atoms with Crippen molar-refractivity contribution in [2.75, 3.05) is 46.6 Å². The normalized spacial score (nSPS) is 20.4. The van der Waals surface area contributed by atoms with Gasteiger partial charge in [-0.05, 0) is 13.0 Å². The fourth-order valence-corrected chi connectivity index (χ4v) is 3.04. The number of rotatable bonds is 7. The lowest BCUT2D eigenvalue weighted by Gasteiger charge is -2.28. The first-order chi connectivity index (χ1) is 8.10. The van der Waals surface area contributed by atoms with Gasteiger partial charge in [0.15, 0.2) is 0 Å². The Bertz CT molecular complexity index is 297. The second-order valence-corrected chi connectivity index (χ2v) is 5.57. The molecule has 3 N–H and O–H groups in total. The van der Waals surface area contributed by atoms with E-state index in [-0.39, 0.29) is 6.04 Å². The predicted molar refractivity (Wildman–Crippen MR) is 63.8 cm³/mol. The van der Waals surface area contributed by atoms with Gasteiger partial charge in [-0.15, -0.1) is 0 Å². The van der Waals surface area contributed by atoms with Crippen molar-refractivity contribution >= 4 is 10.2 Å². The summed E-state index contributed by atoms with van der Waals surface area (Å²) in [5, 5.41) is 0. The zero-order chi connectivity index (χ0) is 12.7. The Balaban J connectivity index is 2.55. The van der Waals surface area contributed by atoms with E-state index in [1.165, 1.54) is 11.4 Å². The van der Waals surface area contributed by atoms with Crippen LogP contribution >= 0.6 is 0 Å². The van der Waals surface area contributed by atoms with E-state index in [1.54, 1.807) is 0 Å². The summed E-state index contributed by atoms with van der Waals surface area (Å²) in [4.78, 5) is 0. The van der Waals surface area contributed by atoms with Gasteiger partial charge in [-0.3, -0.25) is 0 Å². The molecule has 1 heterocycles. The molecule has 0 aromatic rings. The van der Waals surface area contributed by atoms with Crippen LogP contribution in [0.1, 0.15) is 6.42 Å². The molecule has 0 aromatic heterocycles. The average Bonchev–Trinajstić information content (AvgIpc) is 2.30. The lowest BCUT2D eigenvalue weighted by molar-refractivity contribution is 0.0719. The van der Waals surface area contributed by atoms with E-state index in [9.17, 15) is 8.42 Å². The third-order valence-corrected chi connectivity index (χ3v) is 4.18. The van der Waals surface area contributed by atoms with E-state index in [4.69, 9.17) is 15.2 Å². The molecule has 0 aliphatic carbocycles. The van der Waals surface area contributed by atoms with Crippen molar-refractivity contribution in [3.63, 3.8) is 0 Å². The lowest BCUT2D eigenvalue weighted by Crippen LogP contribution is -2.50. The largest absolute Gasteiger partial charge is 0.383 e. The summed E-state index contributed by atoms with van der Waals surface area (Å²) < 4.78 is 38.1. The van der Waals surface area contributed by atoms with Crippen LogP contribution in [0.5, 0.6) is 0 Å². The Morgan fingerprint density at radius 3 is 2.65 bits per heavy atom. The first-order valence-corrected chi connectivity index (χ1v) is 7.08. The average molecular weight is 267 g/mol. The molecule has 1 rings (SSSR count). The minimum absolute atomic E-state index is 0.280. The number of morpholine rings is 1. The third-order valence-electron chi connectivity index (χ3n) is 2.51. The molecule has 0 radical (unpaired) electrons. The highest BCUT2D eigenvalue weighted by Crippen LogP contribution is 2.05. The molecule has 0 aromatic carbocycles. The van der Waals surface area contributed by atoms with Crippen LogP contribution in [-0.2, 0) is 19.7 Å². The highest BCUT2D eigenvalue weighted by atomic mass is 32.2. The maximum Gasteiger partial charge on any atom is 0.279 e. The summed E-state index contributed by atoms with van der Waals surface area (Å²) in [5.74, 6) is 0. The van der Waals surface area contributed by atoms with Gasteiger partial charge < -0.3 is 15.2 Å². The number of methoxy groups -OCH3 is 1. The standard InChI is InChI=1S/C9H21N3O4S/c1-15-8-9(2-3-10)11-17(13,14)12-4-6-16-7-5-12/h9,11H,2-8,10H2,1H3. The van der Waals surface area contributed by atoms with Crippen LogP contribution in [0.2, 0.25) is 0 Å². The first kappa shape index (κ1) is 14.8. The van der Waals surface area contributed by atoms with Gasteiger partial charge in [0.1, 0.15) is 0 Å². The summed E-state index contributed by atoms with van der Waals surface area (Å²) in [6.45, 7) is 2.38. The molecular weight excluding hydrogens is 246 g/mol. The van der Waals surface area contributed by atoms with Gasteiger partial charge in [-0.25, -0.2) is 0 Å². The van der Waals surface area contributed by atoms with Gasteiger partial charge >= 0.3 is 0 Å². The summed E-state index contributed by atoms with van der Waals surface area (Å²) in [6.07, 6.45) is 0.553. The van der Waals surface area contributed by atoms with E-state index in [1.807, 2.05) is 0 Å². The van der Waals surface area contributed by atoms with E-state index in [0.717, 1.165) is 0 Å². The molecule has 1 aliphatic heterocycles. The summed E-state index contributed by atoms with van der Waals surface area (Å²) >= 11 is 0. The molecular formula is C9H21N3O4S. The fourth-order valence-electron chi connectivity index (χ4n) is 1.65. The Kier molecular flexibility index (Phi) is 6.31. The summed E-state index contributed by atoms with van der Waals surface area (Å²) in [7, 11) is -1.92. The lowest BCUT2D eigenvalue weighted by atomic mass is 10.2. The predicted octanol–water partition coefficient (Wildman–Crippen LogP) is -1.48. The van der Waals surface area contributed by atoms with Crippen molar-refractivity contribution in [1.29, 1.82) is 0 Å². The first-order valence-electron chi connectivity index (χ1n) is 5.64. The number of hydrogen-bond donors (Lipinski definition) is 2. The highest BCUT2D eigenvalue weighted by Gasteiger charge is 2.26. The molecule has 1 unspecified atom stereocenters. The van der Waals surface area contributed by atoms with E-state index >= 15 is 0 Å². The van der Waals surface area contributed by atoms with Crippen LogP contribution in [0.25, 0.3) is 0 Å². The second kappa shape index (κ2) is 7.24. The molecule has 8 heteroatoms. The molecule has 1 aliphatic rings. The second-order valence-electron chi connectivity index (χ2n) is 3.86. The maximum atomic E-state index is 12.0. The molecule has 0 saturated carbocycles. The third kappa shape index (κ3) is 4.86. The molecule has 1 saturated heterocycles. The SMILES string of the molecule is COCC(CCN)NS(=O)(=O)N1CCOCC1. The van der Waals surface area contributed by atoms with Crippen molar-refractivity contribution in [3.05, 3.63) is 0 Å². The van der Waals surface area contributed by atoms with Gasteiger partial charge in [0.2, 0.25) is 0 Å². The smallest absolute Gasteiger partial charge is 0.279 e. The van der Waals surface area contributed by atoms with Crippen molar-refractivity contribution in [3.8, 4) is 0 Å². The maximum absolute atomic E-state index is 12.0. The van der Waals surface area contributed by atoms with Gasteiger partial charge in [-0.2, -0.15) is 17.4 Å². The van der Waals surface area contributed by atoms with Crippen LogP contribution in [-0.4, -0.2) is 65.3 Å². The quantitative estimate of drug-likeness (QED) is 0.586. The van der Waals surface area contributed by atoms with E-state index in [2.05, 4.69) is 4.72 Å². The van der Waals surface area contributed by atoms with Crippen molar-refractivity contribution in [1.82, 2.24) is 9.03 Å². The molecule has 17 heavy (non-hydrogen) atoms. The molecule has 1 atom stereocenters. The van der Waals surface area contributed by atoms with Crippen LogP contribution in [0, 0.1) is 0 Å². The number of nitrogens with one attached hydrogen (secondary N) is 1. The Morgan fingerprint density at radius 1 is 1.47 bits per heavy atom. The van der Waals surface area contributed by atoms with E-state index < -0.39 is 10.2 Å². The zero-order valence-electron chi connectivity index (χ0n) is 10.1. The summed E-state index contributed by atoms with van der Waals surface area (Å²) in [5.41, 5.74) is 5.43. The van der Waals surface area contributed by atoms with Gasteiger partial charge in [0.25, 0.3) is 10.2 Å². The topological polar surface area (TPSA) is 93.9 Å². The summed E-state index contributed by atoms with van der Waals surface area (Å²) in [6, 6.07) is -0.280. The Hall–Kier alpha value is -0.250. The van der Waals surface area contributed by atoms with Crippen LogP contribution < -0.4 is 10.5 Å². The van der Waals surface area contributed by atoms with Crippen molar-refractivity contribution in [2.24, 2.45) is 5.73 Å². The molecule has 7 nitrogen and oxygen atoms in total. The van der Waals surface area contributed by atoms with Gasteiger partial charge in [0, 0.05) is 26.2 Å². The minimum Gasteiger partial charge on any atom is -0.383 e. The molecule has 0 amide bonds. The number of nitrogens with two attached hydrogens (primary N) is 1. The Morgan fingerprint density at radius 2 is 2.12 bits per heavy atom. The minimum atomic E-state index is -3.46.